The van der Waals surface area contributed by atoms with Gasteiger partial charge < -0.3 is 19.3 Å². The summed E-state index contributed by atoms with van der Waals surface area (Å²) in [6.45, 7) is 0. The standard InChI is InChI=1S/C41H40N3O6P/c1-49-35-18-19-36-37(34(28-43)23-33-22-32(27-42)17-20-39(33)50-2)29-44(38(36)24-35)40(45)16-10-5-11-21-41(51(46,47)48,25-30-12-6-3-7-13-30)26-31-14-8-4-9-15-31/h3-4,6-9,12-15,17-20,22-24,29H,5,10-11,16,21,25-26H2,1-2H3,(H2,46,47,48)/b34-23+. The van der Waals surface area contributed by atoms with Gasteiger partial charge in [0.2, 0.25) is 5.91 Å². The minimum atomic E-state index is -4.57. The van der Waals surface area contributed by atoms with E-state index < -0.39 is 12.8 Å². The van der Waals surface area contributed by atoms with Crippen LogP contribution >= 0.6 is 7.60 Å². The van der Waals surface area contributed by atoms with Gasteiger partial charge in [-0.3, -0.25) is 13.9 Å². The molecular formula is C41H40N3O6P. The van der Waals surface area contributed by atoms with Crippen LogP contribution in [0.4, 0.5) is 0 Å². The van der Waals surface area contributed by atoms with Gasteiger partial charge in [0.05, 0.1) is 48.2 Å². The average molecular weight is 702 g/mol. The summed E-state index contributed by atoms with van der Waals surface area (Å²) in [6, 6.07) is 33.5. The smallest absolute Gasteiger partial charge is 0.332 e. The molecule has 1 heterocycles. The van der Waals surface area contributed by atoms with E-state index in [9.17, 15) is 29.7 Å². The number of rotatable bonds is 15. The number of benzene rings is 4. The molecule has 5 aromatic rings. The second-order valence-corrected chi connectivity index (χ2v) is 14.6. The molecule has 5 rings (SSSR count). The zero-order valence-corrected chi connectivity index (χ0v) is 29.6. The van der Waals surface area contributed by atoms with Crippen LogP contribution in [-0.2, 0) is 17.4 Å². The minimum Gasteiger partial charge on any atom is -0.497 e. The van der Waals surface area contributed by atoms with Gasteiger partial charge in [-0.2, -0.15) is 10.5 Å². The molecule has 0 saturated carbocycles. The summed E-state index contributed by atoms with van der Waals surface area (Å²) in [6.07, 6.45) is 5.84. The summed E-state index contributed by atoms with van der Waals surface area (Å²) in [5.74, 6) is 0.868. The summed E-state index contributed by atoms with van der Waals surface area (Å²) >= 11 is 0. The van der Waals surface area contributed by atoms with Crippen molar-refractivity contribution in [3.63, 3.8) is 0 Å². The molecule has 9 nitrogen and oxygen atoms in total. The number of fused-ring (bicyclic) bond motifs is 1. The number of unbranched alkanes of at least 4 members (excludes halogenated alkanes) is 2. The largest absolute Gasteiger partial charge is 0.497 e. The topological polar surface area (TPSA) is 146 Å². The van der Waals surface area contributed by atoms with E-state index in [2.05, 4.69) is 12.1 Å². The highest BCUT2D eigenvalue weighted by atomic mass is 31.2. The molecule has 0 fully saturated rings. The number of nitrogens with zero attached hydrogens (tertiary/aromatic N) is 3. The number of aromatic nitrogens is 1. The fourth-order valence-corrected chi connectivity index (χ4v) is 7.79. The molecule has 0 amide bonds. The van der Waals surface area contributed by atoms with Crippen molar-refractivity contribution in [2.45, 2.75) is 50.1 Å². The maximum absolute atomic E-state index is 13.8. The normalized spacial score (nSPS) is 11.9. The van der Waals surface area contributed by atoms with Gasteiger partial charge in [0, 0.05) is 35.2 Å². The van der Waals surface area contributed by atoms with Crippen molar-refractivity contribution in [3.05, 3.63) is 131 Å². The molecule has 0 saturated heterocycles. The van der Waals surface area contributed by atoms with E-state index in [1.54, 1.807) is 49.7 Å². The number of hydrogen-bond donors (Lipinski definition) is 2. The van der Waals surface area contributed by atoms with Crippen molar-refractivity contribution >= 4 is 36.1 Å². The lowest BCUT2D eigenvalue weighted by Crippen LogP contribution is -2.34. The number of nitriles is 2. The average Bonchev–Trinajstić information content (AvgIpc) is 3.52. The molecular weight excluding hydrogens is 661 g/mol. The number of hydrogen-bond acceptors (Lipinski definition) is 6. The monoisotopic (exact) mass is 701 g/mol. The Morgan fingerprint density at radius 3 is 2.10 bits per heavy atom. The Hall–Kier alpha value is -5.44. The van der Waals surface area contributed by atoms with E-state index in [-0.39, 0.29) is 37.2 Å². The Kier molecular flexibility index (Phi) is 11.9. The zero-order valence-electron chi connectivity index (χ0n) is 28.7. The third kappa shape index (κ3) is 8.66. The van der Waals surface area contributed by atoms with E-state index in [4.69, 9.17) is 9.47 Å². The second-order valence-electron chi connectivity index (χ2n) is 12.6. The molecule has 260 valence electrons. The van der Waals surface area contributed by atoms with Gasteiger partial charge in [-0.25, -0.2) is 0 Å². The third-order valence-electron chi connectivity index (χ3n) is 9.25. The molecule has 0 aliphatic rings. The highest BCUT2D eigenvalue weighted by molar-refractivity contribution is 7.53. The molecule has 0 bridgehead atoms. The van der Waals surface area contributed by atoms with Crippen LogP contribution in [0.15, 0.2) is 103 Å². The molecule has 0 radical (unpaired) electrons. The molecule has 0 spiro atoms. The van der Waals surface area contributed by atoms with Gasteiger partial charge in [-0.05, 0) is 73.2 Å². The Balaban J connectivity index is 1.37. The number of carbonyl (C=O) groups is 1. The zero-order chi connectivity index (χ0) is 36.4. The lowest BCUT2D eigenvalue weighted by Gasteiger charge is -2.35. The summed E-state index contributed by atoms with van der Waals surface area (Å²) in [5.41, 5.74) is 4.11. The minimum absolute atomic E-state index is 0.185. The van der Waals surface area contributed by atoms with Crippen molar-refractivity contribution in [2.75, 3.05) is 14.2 Å². The van der Waals surface area contributed by atoms with Crippen LogP contribution < -0.4 is 9.47 Å². The lowest BCUT2D eigenvalue weighted by molar-refractivity contribution is 0.0904. The molecule has 2 N–H and O–H groups in total. The summed E-state index contributed by atoms with van der Waals surface area (Å²) in [7, 11) is -1.52. The number of methoxy groups -OCH3 is 2. The van der Waals surface area contributed by atoms with E-state index in [0.717, 1.165) is 11.1 Å². The van der Waals surface area contributed by atoms with E-state index in [0.29, 0.717) is 58.4 Å². The lowest BCUT2D eigenvalue weighted by atomic mass is 9.87. The maximum Gasteiger partial charge on any atom is 0.332 e. The van der Waals surface area contributed by atoms with Crippen LogP contribution in [0, 0.1) is 22.7 Å². The van der Waals surface area contributed by atoms with Crippen LogP contribution in [0.2, 0.25) is 0 Å². The van der Waals surface area contributed by atoms with Crippen molar-refractivity contribution < 1.29 is 28.6 Å². The van der Waals surface area contributed by atoms with Gasteiger partial charge in [-0.15, -0.1) is 0 Å². The van der Waals surface area contributed by atoms with Crippen molar-refractivity contribution in [1.29, 1.82) is 10.5 Å². The predicted octanol–water partition coefficient (Wildman–Crippen LogP) is 8.59. The van der Waals surface area contributed by atoms with E-state index in [1.807, 2.05) is 66.7 Å². The SMILES string of the molecule is COc1ccc2c(/C(C#N)=C/c3cc(C#N)ccc3OC)cn(C(=O)CCCCCC(Cc3ccccc3)(Cc3ccccc3)P(=O)(O)O)c2c1. The van der Waals surface area contributed by atoms with Gasteiger partial charge >= 0.3 is 7.60 Å². The third-order valence-corrected chi connectivity index (χ3v) is 11.0. The van der Waals surface area contributed by atoms with Crippen LogP contribution in [0.5, 0.6) is 11.5 Å². The van der Waals surface area contributed by atoms with Gasteiger partial charge in [0.25, 0.3) is 0 Å². The first-order valence-corrected chi connectivity index (χ1v) is 18.3. The van der Waals surface area contributed by atoms with Gasteiger partial charge in [0.15, 0.2) is 0 Å². The van der Waals surface area contributed by atoms with E-state index >= 15 is 0 Å². The fourth-order valence-electron chi connectivity index (χ4n) is 6.57. The predicted molar refractivity (Wildman–Crippen MR) is 198 cm³/mol. The van der Waals surface area contributed by atoms with Crippen LogP contribution in [0.25, 0.3) is 22.6 Å². The summed E-state index contributed by atoms with van der Waals surface area (Å²) in [4.78, 5) is 35.4. The Morgan fingerprint density at radius 1 is 0.863 bits per heavy atom. The molecule has 1 aromatic heterocycles. The first-order chi connectivity index (χ1) is 24.6. The molecule has 0 unspecified atom stereocenters. The van der Waals surface area contributed by atoms with Gasteiger partial charge in [0.1, 0.15) is 11.5 Å². The van der Waals surface area contributed by atoms with Crippen molar-refractivity contribution in [1.82, 2.24) is 4.57 Å². The van der Waals surface area contributed by atoms with E-state index in [1.165, 1.54) is 11.7 Å². The van der Waals surface area contributed by atoms with Gasteiger partial charge in [-0.1, -0.05) is 73.5 Å². The Labute approximate surface area is 298 Å². The highest BCUT2D eigenvalue weighted by Crippen LogP contribution is 2.56. The van der Waals surface area contributed by atoms with Crippen molar-refractivity contribution in [3.8, 4) is 23.6 Å². The van der Waals surface area contributed by atoms with Crippen LogP contribution in [0.3, 0.4) is 0 Å². The molecule has 10 heteroatoms. The number of allylic oxidation sites excluding steroid dienone is 1. The second kappa shape index (κ2) is 16.5. The maximum atomic E-state index is 13.8. The highest BCUT2D eigenvalue weighted by Gasteiger charge is 2.46. The summed E-state index contributed by atoms with van der Waals surface area (Å²) in [5, 5.41) is 19.1. The molecule has 0 aliphatic carbocycles. The first-order valence-electron chi connectivity index (χ1n) is 16.7. The van der Waals surface area contributed by atoms with Crippen molar-refractivity contribution in [2.24, 2.45) is 0 Å². The molecule has 0 atom stereocenters. The van der Waals surface area contributed by atoms with Crippen LogP contribution in [-0.4, -0.2) is 39.6 Å². The Bertz CT molecular complexity index is 2120. The molecule has 4 aromatic carbocycles. The fraction of sp³-hybridized carbons (Fsp3) is 0.244. The number of ether oxygens (including phenoxy) is 2. The summed E-state index contributed by atoms with van der Waals surface area (Å²) < 4.78 is 25.7. The first kappa shape index (κ1) is 36.8. The molecule has 0 aliphatic heterocycles. The van der Waals surface area contributed by atoms with Crippen LogP contribution in [0.1, 0.15) is 64.7 Å². The Morgan fingerprint density at radius 2 is 1.53 bits per heavy atom. The quantitative estimate of drug-likeness (QED) is 0.0627. The molecule has 51 heavy (non-hydrogen) atoms. The number of carbonyl (C=O) groups excluding carboxylic acids is 1.